The van der Waals surface area contributed by atoms with Gasteiger partial charge in [-0.05, 0) is 74.1 Å². The zero-order valence-electron chi connectivity index (χ0n) is 26.0. The smallest absolute Gasteiger partial charge is 0.310 e. The lowest BCUT2D eigenvalue weighted by molar-refractivity contribution is -0.151. The number of nitrogens with zero attached hydrogens (tertiary/aromatic N) is 2. The Morgan fingerprint density at radius 1 is 0.955 bits per heavy atom. The fourth-order valence-corrected chi connectivity index (χ4v) is 5.80. The lowest BCUT2D eigenvalue weighted by Crippen LogP contribution is -2.45. The summed E-state index contributed by atoms with van der Waals surface area (Å²) in [6, 6.07) is 24.1. The number of benzene rings is 2. The monoisotopic (exact) mass is 596 g/mol. The second kappa shape index (κ2) is 15.4. The number of nitrogens with one attached hydrogen (secondary N) is 2. The van der Waals surface area contributed by atoms with Gasteiger partial charge in [-0.25, -0.2) is 0 Å². The molecule has 1 fully saturated rings. The highest BCUT2D eigenvalue weighted by Crippen LogP contribution is 2.31. The van der Waals surface area contributed by atoms with Crippen molar-refractivity contribution in [3.05, 3.63) is 95.3 Å². The van der Waals surface area contributed by atoms with Crippen molar-refractivity contribution < 1.29 is 19.5 Å². The average Bonchev–Trinajstić information content (AvgIpc) is 3.03. The number of likely N-dealkylation sites (tertiary alicyclic amines) is 1. The minimum Gasteiger partial charge on any atom is -0.481 e. The number of carboxylic acids is 1. The van der Waals surface area contributed by atoms with E-state index in [9.17, 15) is 19.5 Å². The highest BCUT2D eigenvalue weighted by atomic mass is 16.4. The third-order valence-electron chi connectivity index (χ3n) is 8.82. The van der Waals surface area contributed by atoms with Crippen molar-refractivity contribution >= 4 is 35.6 Å². The van der Waals surface area contributed by atoms with Gasteiger partial charge in [-0.2, -0.15) is 0 Å². The normalized spacial score (nSPS) is 15.2. The van der Waals surface area contributed by atoms with Gasteiger partial charge in [0, 0.05) is 37.3 Å². The maximum absolute atomic E-state index is 12.8. The fraction of sp³-hybridized carbons (Fsp3) is 0.389. The number of carbonyl (C=O) groups excluding carboxylic acids is 2. The van der Waals surface area contributed by atoms with Crippen molar-refractivity contribution in [1.82, 2.24) is 15.2 Å². The Labute approximate surface area is 260 Å². The van der Waals surface area contributed by atoms with Crippen molar-refractivity contribution in [2.75, 3.05) is 18.4 Å². The largest absolute Gasteiger partial charge is 0.481 e. The summed E-state index contributed by atoms with van der Waals surface area (Å²) < 4.78 is 0. The van der Waals surface area contributed by atoms with Crippen LogP contribution in [0.4, 0.5) is 5.69 Å². The van der Waals surface area contributed by atoms with E-state index >= 15 is 0 Å². The quantitative estimate of drug-likeness (QED) is 0.212. The first-order valence-corrected chi connectivity index (χ1v) is 15.6. The molecule has 3 N–H and O–H groups in total. The number of carbonyl (C=O) groups is 3. The third-order valence-corrected chi connectivity index (χ3v) is 8.82. The Kier molecular flexibility index (Phi) is 11.4. The van der Waals surface area contributed by atoms with Crippen LogP contribution < -0.4 is 10.6 Å². The van der Waals surface area contributed by atoms with Crippen LogP contribution in [0, 0.1) is 5.41 Å². The van der Waals surface area contributed by atoms with Gasteiger partial charge >= 0.3 is 5.97 Å². The van der Waals surface area contributed by atoms with Crippen LogP contribution in [-0.2, 0) is 20.8 Å². The van der Waals surface area contributed by atoms with Crippen molar-refractivity contribution in [3.8, 4) is 0 Å². The maximum Gasteiger partial charge on any atom is 0.310 e. The fourth-order valence-electron chi connectivity index (χ4n) is 5.80. The van der Waals surface area contributed by atoms with Gasteiger partial charge in [0.15, 0.2) is 0 Å². The Bertz CT molecular complexity index is 1440. The molecule has 232 valence electrons. The Hall–Kier alpha value is -4.30. The molecule has 1 aliphatic heterocycles. The van der Waals surface area contributed by atoms with Crippen molar-refractivity contribution in [2.24, 2.45) is 5.41 Å². The van der Waals surface area contributed by atoms with Crippen molar-refractivity contribution in [3.63, 3.8) is 0 Å². The zero-order valence-corrected chi connectivity index (χ0v) is 26.0. The number of hydrogen-bond donors (Lipinski definition) is 3. The number of amides is 2. The zero-order chi connectivity index (χ0) is 31.5. The second-order valence-electron chi connectivity index (χ2n) is 11.7. The molecule has 0 aliphatic carbocycles. The molecule has 2 amide bonds. The summed E-state index contributed by atoms with van der Waals surface area (Å²) in [6.45, 7) is 7.73. The van der Waals surface area contributed by atoms with E-state index in [0.717, 1.165) is 37.2 Å². The molecule has 0 spiro atoms. The molecule has 1 unspecified atom stereocenters. The predicted molar refractivity (Wildman–Crippen MR) is 175 cm³/mol. The second-order valence-corrected chi connectivity index (χ2v) is 11.7. The predicted octanol–water partition coefficient (Wildman–Crippen LogP) is 6.36. The number of pyridine rings is 1. The van der Waals surface area contributed by atoms with E-state index in [1.165, 1.54) is 5.56 Å². The molecule has 2 heterocycles. The molecule has 3 aromatic rings. The molecular formula is C36H44N4O4. The van der Waals surface area contributed by atoms with E-state index in [0.29, 0.717) is 30.3 Å². The summed E-state index contributed by atoms with van der Waals surface area (Å²) in [5.74, 6) is -1.29. The van der Waals surface area contributed by atoms with E-state index in [1.54, 1.807) is 19.9 Å². The lowest BCUT2D eigenvalue weighted by Gasteiger charge is -2.36. The molecule has 1 aliphatic rings. The summed E-state index contributed by atoms with van der Waals surface area (Å²) in [6.07, 6.45) is 6.53. The van der Waals surface area contributed by atoms with Gasteiger partial charge < -0.3 is 15.7 Å². The SMILES string of the molecule is CCC(CC)(CC(=O)Nc1cccc(/C=C/c2cccc(CC(=O)NC3CCN(C(C)c4ccccc4)CC3)n2)c1)C(=O)O. The molecule has 1 aromatic heterocycles. The molecule has 8 heteroatoms. The van der Waals surface area contributed by atoms with Crippen LogP contribution in [0.5, 0.6) is 0 Å². The standard InChI is InChI=1S/C36H44N4O4/c1-4-36(5-2,35(43)44)25-34(42)39-31-15-9-11-27(23-31)17-18-29-14-10-16-32(37-29)24-33(41)38-30-19-21-40(22-20-30)26(3)28-12-7-6-8-13-28/h6-18,23,26,30H,4-5,19-22,24-25H2,1-3H3,(H,38,41)(H,39,42)(H,43,44)/b18-17+. The first kappa shape index (κ1) is 32.6. The lowest BCUT2D eigenvalue weighted by atomic mass is 9.79. The van der Waals surface area contributed by atoms with E-state index in [4.69, 9.17) is 0 Å². The number of hydrogen-bond acceptors (Lipinski definition) is 5. The number of aromatic nitrogens is 1. The molecule has 4 rings (SSSR count). The molecule has 0 bridgehead atoms. The van der Waals surface area contributed by atoms with Crippen LogP contribution in [0.15, 0.2) is 72.8 Å². The number of rotatable bonds is 13. The molecule has 2 aromatic carbocycles. The molecule has 44 heavy (non-hydrogen) atoms. The van der Waals surface area contributed by atoms with E-state index in [-0.39, 0.29) is 30.7 Å². The summed E-state index contributed by atoms with van der Waals surface area (Å²) in [5, 5.41) is 15.7. The highest BCUT2D eigenvalue weighted by molar-refractivity contribution is 5.94. The van der Waals surface area contributed by atoms with Crippen LogP contribution in [0.1, 0.15) is 81.4 Å². The molecule has 8 nitrogen and oxygen atoms in total. The van der Waals surface area contributed by atoms with Crippen LogP contribution in [0.25, 0.3) is 12.2 Å². The molecule has 0 saturated carbocycles. The van der Waals surface area contributed by atoms with E-state index in [1.807, 2.05) is 54.6 Å². The Morgan fingerprint density at radius 3 is 2.34 bits per heavy atom. The Morgan fingerprint density at radius 2 is 1.66 bits per heavy atom. The number of aliphatic carboxylic acids is 1. The van der Waals surface area contributed by atoms with Crippen LogP contribution in [0.3, 0.4) is 0 Å². The molecule has 1 saturated heterocycles. The van der Waals surface area contributed by atoms with Gasteiger partial charge in [0.1, 0.15) is 0 Å². The number of anilines is 1. The molecule has 0 radical (unpaired) electrons. The van der Waals surface area contributed by atoms with Gasteiger partial charge in [0.25, 0.3) is 0 Å². The first-order chi connectivity index (χ1) is 21.2. The molecular weight excluding hydrogens is 552 g/mol. The van der Waals surface area contributed by atoms with Gasteiger partial charge in [0.2, 0.25) is 11.8 Å². The topological polar surface area (TPSA) is 112 Å². The van der Waals surface area contributed by atoms with Gasteiger partial charge in [-0.3, -0.25) is 24.3 Å². The highest BCUT2D eigenvalue weighted by Gasteiger charge is 2.37. The van der Waals surface area contributed by atoms with E-state index < -0.39 is 11.4 Å². The summed E-state index contributed by atoms with van der Waals surface area (Å²) >= 11 is 0. The Balaban J connectivity index is 1.28. The first-order valence-electron chi connectivity index (χ1n) is 15.6. The minimum atomic E-state index is -1.06. The summed E-state index contributed by atoms with van der Waals surface area (Å²) in [4.78, 5) is 44.4. The summed E-state index contributed by atoms with van der Waals surface area (Å²) in [5.41, 5.74) is 3.14. The maximum atomic E-state index is 12.8. The van der Waals surface area contributed by atoms with Crippen LogP contribution >= 0.6 is 0 Å². The van der Waals surface area contributed by atoms with Crippen LogP contribution in [-0.4, -0.2) is 51.9 Å². The van der Waals surface area contributed by atoms with Gasteiger partial charge in [-0.1, -0.05) is 68.5 Å². The van der Waals surface area contributed by atoms with E-state index in [2.05, 4.69) is 51.7 Å². The van der Waals surface area contributed by atoms with Crippen molar-refractivity contribution in [1.29, 1.82) is 0 Å². The third kappa shape index (κ3) is 8.86. The number of piperidine rings is 1. The van der Waals surface area contributed by atoms with Crippen LogP contribution in [0.2, 0.25) is 0 Å². The van der Waals surface area contributed by atoms with Gasteiger partial charge in [-0.15, -0.1) is 0 Å². The average molecular weight is 597 g/mol. The van der Waals surface area contributed by atoms with Gasteiger partial charge in [0.05, 0.1) is 23.2 Å². The summed E-state index contributed by atoms with van der Waals surface area (Å²) in [7, 11) is 0. The van der Waals surface area contributed by atoms with Crippen molar-refractivity contribution in [2.45, 2.75) is 71.4 Å². The molecule has 1 atom stereocenters. The minimum absolute atomic E-state index is 0.0188. The number of carboxylic acid groups (broad SMARTS) is 1.